The van der Waals surface area contributed by atoms with Crippen molar-refractivity contribution in [2.24, 2.45) is 0 Å². The van der Waals surface area contributed by atoms with Crippen molar-refractivity contribution in [2.75, 3.05) is 38.8 Å². The van der Waals surface area contributed by atoms with Gasteiger partial charge in [-0.15, -0.1) is 0 Å². The molecule has 0 saturated heterocycles. The molecule has 2 rings (SSSR count). The van der Waals surface area contributed by atoms with Gasteiger partial charge in [0.2, 0.25) is 0 Å². The van der Waals surface area contributed by atoms with E-state index >= 15 is 0 Å². The highest BCUT2D eigenvalue weighted by Gasteiger charge is 2.36. The smallest absolute Gasteiger partial charge is 0.192 e. The zero-order valence-corrected chi connectivity index (χ0v) is 20.2. The first kappa shape index (κ1) is 24.0. The van der Waals surface area contributed by atoms with Crippen molar-refractivity contribution in [3.8, 4) is 17.6 Å². The summed E-state index contributed by atoms with van der Waals surface area (Å²) in [5.74, 6) is 7.17. The van der Waals surface area contributed by atoms with E-state index in [9.17, 15) is 0 Å². The molecular weight excluding hydrogens is 390 g/mol. The third-order valence-corrected chi connectivity index (χ3v) is 9.91. The average Bonchev–Trinajstić information content (AvgIpc) is 2.72. The van der Waals surface area contributed by atoms with Crippen LogP contribution in [0, 0.1) is 11.8 Å². The van der Waals surface area contributed by atoms with Crippen LogP contribution in [0.4, 0.5) is 5.69 Å². The van der Waals surface area contributed by atoms with Gasteiger partial charge in [-0.2, -0.15) is 0 Å². The lowest BCUT2D eigenvalue weighted by Gasteiger charge is -2.36. The molecule has 0 atom stereocenters. The Labute approximate surface area is 183 Å². The summed E-state index contributed by atoms with van der Waals surface area (Å²) in [7, 11) is 0.214. The van der Waals surface area contributed by atoms with E-state index in [1.807, 2.05) is 55.6 Å². The topological polar surface area (TPSA) is 39.7 Å². The molecule has 0 saturated carbocycles. The minimum atomic E-state index is -1.69. The minimum Gasteiger partial charge on any atom is -0.491 e. The molecule has 0 unspecified atom stereocenters. The number of benzene rings is 2. The Balaban J connectivity index is 1.67. The third-order valence-electron chi connectivity index (χ3n) is 5.37. The van der Waals surface area contributed by atoms with Gasteiger partial charge in [-0.05, 0) is 66.7 Å². The normalized spacial score (nSPS) is 11.5. The molecule has 2 aromatic carbocycles. The summed E-state index contributed by atoms with van der Waals surface area (Å²) in [6.45, 7) is 13.5. The molecule has 0 spiro atoms. The van der Waals surface area contributed by atoms with E-state index in [0.717, 1.165) is 22.6 Å². The van der Waals surface area contributed by atoms with Gasteiger partial charge in [0.1, 0.15) is 12.4 Å². The van der Waals surface area contributed by atoms with Crippen molar-refractivity contribution in [3.05, 3.63) is 59.7 Å². The fourth-order valence-corrected chi connectivity index (χ4v) is 3.42. The molecule has 5 heteroatoms. The first-order chi connectivity index (χ1) is 14.2. The summed E-state index contributed by atoms with van der Waals surface area (Å²) in [5.41, 5.74) is 3.03. The standard InChI is InChI=1S/C25H35NO3Si/c1-25(2,3)30(5,6)29-20-18-27-17-19-28-24-15-11-22(12-16-24)8-7-21-9-13-23(26-4)14-10-21/h9-16,26H,17-20H2,1-6H3. The Kier molecular flexibility index (Phi) is 8.98. The lowest BCUT2D eigenvalue weighted by molar-refractivity contribution is 0.0730. The molecule has 0 aliphatic heterocycles. The van der Waals surface area contributed by atoms with Crippen LogP contribution in [0.5, 0.6) is 5.75 Å². The highest BCUT2D eigenvalue weighted by Crippen LogP contribution is 2.36. The largest absolute Gasteiger partial charge is 0.491 e. The van der Waals surface area contributed by atoms with Crippen LogP contribution in [0.25, 0.3) is 0 Å². The highest BCUT2D eigenvalue weighted by atomic mass is 28.4. The van der Waals surface area contributed by atoms with Crippen molar-refractivity contribution >= 4 is 14.0 Å². The average molecular weight is 426 g/mol. The van der Waals surface area contributed by atoms with Gasteiger partial charge >= 0.3 is 0 Å². The summed E-state index contributed by atoms with van der Waals surface area (Å²) < 4.78 is 17.5. The molecule has 4 nitrogen and oxygen atoms in total. The van der Waals surface area contributed by atoms with Gasteiger partial charge < -0.3 is 19.2 Å². The molecular formula is C25H35NO3Si. The maximum atomic E-state index is 6.10. The lowest BCUT2D eigenvalue weighted by atomic mass is 10.1. The van der Waals surface area contributed by atoms with Crippen molar-refractivity contribution in [3.63, 3.8) is 0 Å². The number of ether oxygens (including phenoxy) is 2. The molecule has 0 amide bonds. The maximum absolute atomic E-state index is 6.10. The second-order valence-corrected chi connectivity index (χ2v) is 13.5. The van der Waals surface area contributed by atoms with Gasteiger partial charge in [-0.1, -0.05) is 32.6 Å². The Morgan fingerprint density at radius 1 is 0.800 bits per heavy atom. The van der Waals surface area contributed by atoms with Gasteiger partial charge in [-0.25, -0.2) is 0 Å². The van der Waals surface area contributed by atoms with Gasteiger partial charge in [0.15, 0.2) is 8.32 Å². The van der Waals surface area contributed by atoms with E-state index in [1.165, 1.54) is 0 Å². The quantitative estimate of drug-likeness (QED) is 0.325. The van der Waals surface area contributed by atoms with Gasteiger partial charge in [0, 0.05) is 23.9 Å². The molecule has 0 aromatic heterocycles. The molecule has 30 heavy (non-hydrogen) atoms. The van der Waals surface area contributed by atoms with E-state index < -0.39 is 8.32 Å². The zero-order valence-electron chi connectivity index (χ0n) is 19.2. The Bertz CT molecular complexity index is 828. The van der Waals surface area contributed by atoms with Crippen LogP contribution in [0.2, 0.25) is 18.1 Å². The molecule has 2 aromatic rings. The van der Waals surface area contributed by atoms with Crippen molar-refractivity contribution < 1.29 is 13.9 Å². The van der Waals surface area contributed by atoms with E-state index in [1.54, 1.807) is 0 Å². The van der Waals surface area contributed by atoms with Crippen molar-refractivity contribution in [2.45, 2.75) is 38.9 Å². The van der Waals surface area contributed by atoms with Gasteiger partial charge in [0.05, 0.1) is 19.8 Å². The van der Waals surface area contributed by atoms with Crippen molar-refractivity contribution in [1.82, 2.24) is 0 Å². The molecule has 0 radical (unpaired) electrons. The van der Waals surface area contributed by atoms with E-state index in [4.69, 9.17) is 13.9 Å². The molecule has 0 aliphatic rings. The SMILES string of the molecule is CNc1ccc(C#Cc2ccc(OCCOCCO[Si](C)(C)C(C)(C)C)cc2)cc1. The van der Waals surface area contributed by atoms with E-state index in [0.29, 0.717) is 26.4 Å². The summed E-state index contributed by atoms with van der Waals surface area (Å²) in [4.78, 5) is 0. The minimum absolute atomic E-state index is 0.226. The van der Waals surface area contributed by atoms with Crippen molar-refractivity contribution in [1.29, 1.82) is 0 Å². The summed E-state index contributed by atoms with van der Waals surface area (Å²) in [5, 5.41) is 3.33. The van der Waals surface area contributed by atoms with Crippen LogP contribution in [-0.4, -0.2) is 41.8 Å². The second kappa shape index (κ2) is 11.2. The molecule has 0 bridgehead atoms. The number of hydrogen-bond donors (Lipinski definition) is 1. The lowest BCUT2D eigenvalue weighted by Crippen LogP contribution is -2.41. The fraction of sp³-hybridized carbons (Fsp3) is 0.440. The molecule has 162 valence electrons. The van der Waals surface area contributed by atoms with Gasteiger partial charge in [-0.3, -0.25) is 0 Å². The third kappa shape index (κ3) is 7.87. The summed E-state index contributed by atoms with van der Waals surface area (Å²) in [6.07, 6.45) is 0. The first-order valence-corrected chi connectivity index (χ1v) is 13.4. The monoisotopic (exact) mass is 425 g/mol. The number of nitrogens with one attached hydrogen (secondary N) is 1. The van der Waals surface area contributed by atoms with Crippen LogP contribution >= 0.6 is 0 Å². The predicted molar refractivity (Wildman–Crippen MR) is 128 cm³/mol. The second-order valence-electron chi connectivity index (χ2n) is 8.67. The first-order valence-electron chi connectivity index (χ1n) is 10.5. The Morgan fingerprint density at radius 2 is 1.33 bits per heavy atom. The predicted octanol–water partition coefficient (Wildman–Crippen LogP) is 5.55. The fourth-order valence-electron chi connectivity index (χ4n) is 2.39. The van der Waals surface area contributed by atoms with Crippen LogP contribution in [-0.2, 0) is 9.16 Å². The maximum Gasteiger partial charge on any atom is 0.192 e. The van der Waals surface area contributed by atoms with Crippen LogP contribution in [0.1, 0.15) is 31.9 Å². The molecule has 0 heterocycles. The number of anilines is 1. The van der Waals surface area contributed by atoms with Crippen LogP contribution < -0.4 is 10.1 Å². The number of rotatable bonds is 9. The summed E-state index contributed by atoms with van der Waals surface area (Å²) >= 11 is 0. The molecule has 1 N–H and O–H groups in total. The van der Waals surface area contributed by atoms with Crippen LogP contribution in [0.3, 0.4) is 0 Å². The van der Waals surface area contributed by atoms with E-state index in [2.05, 4.69) is 51.0 Å². The number of hydrogen-bond acceptors (Lipinski definition) is 4. The van der Waals surface area contributed by atoms with Gasteiger partial charge in [0.25, 0.3) is 0 Å². The Morgan fingerprint density at radius 3 is 1.87 bits per heavy atom. The molecule has 0 fully saturated rings. The summed E-state index contributed by atoms with van der Waals surface area (Å²) in [6, 6.07) is 15.9. The highest BCUT2D eigenvalue weighted by molar-refractivity contribution is 6.74. The Hall–Kier alpha value is -2.26. The zero-order chi connectivity index (χ0) is 22.0. The van der Waals surface area contributed by atoms with Crippen LogP contribution in [0.15, 0.2) is 48.5 Å². The van der Waals surface area contributed by atoms with E-state index in [-0.39, 0.29) is 5.04 Å². The molecule has 0 aliphatic carbocycles.